The molecule has 0 N–H and O–H groups in total. The van der Waals surface area contributed by atoms with Crippen molar-refractivity contribution in [3.8, 4) is 11.5 Å². The van der Waals surface area contributed by atoms with Crippen molar-refractivity contribution in [1.29, 1.82) is 0 Å². The molecule has 1 saturated heterocycles. The Labute approximate surface area is 169 Å². The van der Waals surface area contributed by atoms with E-state index in [9.17, 15) is 26.3 Å². The molecule has 0 unspecified atom stereocenters. The molecular formula is C20H28F6O2Si. The molecule has 1 aromatic carbocycles. The smallest absolute Gasteiger partial charge is 0.340 e. The van der Waals surface area contributed by atoms with Crippen molar-refractivity contribution in [2.45, 2.75) is 69.5 Å². The van der Waals surface area contributed by atoms with Crippen LogP contribution >= 0.6 is 0 Å². The van der Waals surface area contributed by atoms with E-state index in [-0.39, 0.29) is 5.75 Å². The minimum absolute atomic E-state index is 0.0738. The summed E-state index contributed by atoms with van der Waals surface area (Å²) in [7, 11) is -0.654. The SMILES string of the molecule is CCCCC[Si@H]1CC[C@H](COc2cc(F)c(OCC(F)(F)C(F)F)c(F)c2)CC1. The van der Waals surface area contributed by atoms with Crippen LogP contribution in [0, 0.1) is 17.6 Å². The van der Waals surface area contributed by atoms with Gasteiger partial charge in [-0.3, -0.25) is 0 Å². The van der Waals surface area contributed by atoms with Gasteiger partial charge in [-0.25, -0.2) is 17.6 Å². The van der Waals surface area contributed by atoms with Crippen LogP contribution in [-0.4, -0.2) is 34.4 Å². The molecule has 166 valence electrons. The van der Waals surface area contributed by atoms with Crippen LogP contribution in [0.25, 0.3) is 0 Å². The normalized spacial score (nSPS) is 20.1. The summed E-state index contributed by atoms with van der Waals surface area (Å²) in [6.07, 6.45) is 1.94. The van der Waals surface area contributed by atoms with Gasteiger partial charge in [-0.2, -0.15) is 8.78 Å². The fourth-order valence-corrected chi connectivity index (χ4v) is 7.19. The van der Waals surface area contributed by atoms with Gasteiger partial charge in [0, 0.05) is 20.9 Å². The predicted octanol–water partition coefficient (Wildman–Crippen LogP) is 6.45. The molecule has 0 spiro atoms. The fourth-order valence-electron chi connectivity index (χ4n) is 3.57. The highest BCUT2D eigenvalue weighted by atomic mass is 28.3. The van der Waals surface area contributed by atoms with E-state index in [0.717, 1.165) is 25.0 Å². The summed E-state index contributed by atoms with van der Waals surface area (Å²) in [5, 5.41) is 0. The quantitative estimate of drug-likeness (QED) is 0.223. The van der Waals surface area contributed by atoms with E-state index in [1.807, 2.05) is 0 Å². The van der Waals surface area contributed by atoms with E-state index in [0.29, 0.717) is 12.5 Å². The summed E-state index contributed by atoms with van der Waals surface area (Å²) in [5.41, 5.74) is 0. The van der Waals surface area contributed by atoms with Gasteiger partial charge in [0.1, 0.15) is 5.75 Å². The summed E-state index contributed by atoms with van der Waals surface area (Å²) in [5.74, 6) is -7.88. The molecule has 2 rings (SSSR count). The first-order chi connectivity index (χ1) is 13.7. The Balaban J connectivity index is 1.82. The Bertz CT molecular complexity index is 612. The second-order valence-corrected chi connectivity index (χ2v) is 11.2. The molecule has 1 aliphatic heterocycles. The Kier molecular flexibility index (Phi) is 9.17. The molecule has 29 heavy (non-hydrogen) atoms. The van der Waals surface area contributed by atoms with Gasteiger partial charge in [0.05, 0.1) is 6.61 Å². The van der Waals surface area contributed by atoms with Gasteiger partial charge in [0.2, 0.25) is 0 Å². The van der Waals surface area contributed by atoms with Crippen molar-refractivity contribution in [2.75, 3.05) is 13.2 Å². The largest absolute Gasteiger partial charge is 0.493 e. The van der Waals surface area contributed by atoms with Gasteiger partial charge in [-0.15, -0.1) is 0 Å². The Hall–Kier alpha value is -1.38. The Morgan fingerprint density at radius 2 is 1.69 bits per heavy atom. The number of benzene rings is 1. The Morgan fingerprint density at radius 1 is 1.07 bits per heavy atom. The molecular weight excluding hydrogens is 414 g/mol. The lowest BCUT2D eigenvalue weighted by molar-refractivity contribution is -0.148. The third kappa shape index (κ3) is 7.42. The number of rotatable bonds is 11. The third-order valence-electron chi connectivity index (χ3n) is 5.37. The summed E-state index contributed by atoms with van der Waals surface area (Å²) in [6.45, 7) is 0.710. The van der Waals surface area contributed by atoms with E-state index in [1.54, 1.807) is 0 Å². The Morgan fingerprint density at radius 3 is 2.24 bits per heavy atom. The third-order valence-corrected chi connectivity index (χ3v) is 8.89. The minimum atomic E-state index is -4.49. The van der Waals surface area contributed by atoms with E-state index in [1.165, 1.54) is 37.4 Å². The van der Waals surface area contributed by atoms with Gasteiger partial charge in [0.15, 0.2) is 24.0 Å². The number of alkyl halides is 4. The van der Waals surface area contributed by atoms with Gasteiger partial charge >= 0.3 is 12.3 Å². The standard InChI is InChI=1S/C20H28F6O2Si/c1-2-3-4-7-29-8-5-14(6-9-29)12-27-15-10-16(21)18(17(22)11-15)28-13-20(25,26)19(23)24/h10-11,14,19,29H,2-9,12-13H2,1H3/t14-,29-. The lowest BCUT2D eigenvalue weighted by Gasteiger charge is -2.27. The summed E-state index contributed by atoms with van der Waals surface area (Å²) < 4.78 is 87.7. The molecule has 0 atom stereocenters. The maximum atomic E-state index is 14.0. The maximum absolute atomic E-state index is 14.0. The molecule has 1 aliphatic rings. The lowest BCUT2D eigenvalue weighted by atomic mass is 10.0. The molecule has 1 heterocycles. The monoisotopic (exact) mass is 442 g/mol. The summed E-state index contributed by atoms with van der Waals surface area (Å²) in [4.78, 5) is 0. The highest BCUT2D eigenvalue weighted by molar-refractivity contribution is 6.58. The zero-order chi connectivity index (χ0) is 21.4. The van der Waals surface area contributed by atoms with Crippen LogP contribution in [0.4, 0.5) is 26.3 Å². The van der Waals surface area contributed by atoms with Crippen molar-refractivity contribution < 1.29 is 35.8 Å². The predicted molar refractivity (Wildman–Crippen MR) is 102 cm³/mol. The van der Waals surface area contributed by atoms with E-state index in [4.69, 9.17) is 4.74 Å². The second-order valence-electron chi connectivity index (χ2n) is 7.76. The topological polar surface area (TPSA) is 18.5 Å². The first-order valence-corrected chi connectivity index (χ1v) is 12.6. The minimum Gasteiger partial charge on any atom is -0.493 e. The van der Waals surface area contributed by atoms with Crippen molar-refractivity contribution in [3.05, 3.63) is 23.8 Å². The first kappa shape index (κ1) is 23.9. The zero-order valence-electron chi connectivity index (χ0n) is 16.5. The molecule has 1 fully saturated rings. The van der Waals surface area contributed by atoms with E-state index in [2.05, 4.69) is 11.7 Å². The van der Waals surface area contributed by atoms with Crippen molar-refractivity contribution in [1.82, 2.24) is 0 Å². The van der Waals surface area contributed by atoms with Gasteiger partial charge in [-0.1, -0.05) is 44.3 Å². The molecule has 1 aromatic rings. The molecule has 0 amide bonds. The average Bonchev–Trinajstić information content (AvgIpc) is 2.66. The van der Waals surface area contributed by atoms with Gasteiger partial charge in [0.25, 0.3) is 0 Å². The van der Waals surface area contributed by atoms with Crippen LogP contribution < -0.4 is 9.47 Å². The number of hydrogen-bond donors (Lipinski definition) is 0. The molecule has 2 nitrogen and oxygen atoms in total. The number of ether oxygens (including phenoxy) is 2. The van der Waals surface area contributed by atoms with Gasteiger partial charge < -0.3 is 9.47 Å². The van der Waals surface area contributed by atoms with Crippen LogP contribution in [0.1, 0.15) is 39.0 Å². The molecule has 9 heteroatoms. The lowest BCUT2D eigenvalue weighted by Crippen LogP contribution is -2.34. The highest BCUT2D eigenvalue weighted by Crippen LogP contribution is 2.32. The van der Waals surface area contributed by atoms with E-state index >= 15 is 0 Å². The number of halogens is 6. The second kappa shape index (κ2) is 11.1. The fraction of sp³-hybridized carbons (Fsp3) is 0.700. The molecule has 0 aromatic heterocycles. The zero-order valence-corrected chi connectivity index (χ0v) is 17.7. The molecule has 0 radical (unpaired) electrons. The highest BCUT2D eigenvalue weighted by Gasteiger charge is 2.42. The number of hydrogen-bond acceptors (Lipinski definition) is 2. The maximum Gasteiger partial charge on any atom is 0.340 e. The van der Waals surface area contributed by atoms with Gasteiger partial charge in [-0.05, 0) is 18.8 Å². The van der Waals surface area contributed by atoms with Crippen LogP contribution in [0.3, 0.4) is 0 Å². The molecule has 0 aliphatic carbocycles. The van der Waals surface area contributed by atoms with Crippen LogP contribution in [0.15, 0.2) is 12.1 Å². The van der Waals surface area contributed by atoms with Crippen LogP contribution in [0.5, 0.6) is 11.5 Å². The van der Waals surface area contributed by atoms with Crippen molar-refractivity contribution in [3.63, 3.8) is 0 Å². The summed E-state index contributed by atoms with van der Waals surface area (Å²) >= 11 is 0. The van der Waals surface area contributed by atoms with Crippen molar-refractivity contribution in [2.24, 2.45) is 5.92 Å². The average molecular weight is 443 g/mol. The van der Waals surface area contributed by atoms with Crippen LogP contribution in [-0.2, 0) is 0 Å². The number of unbranched alkanes of at least 4 members (excludes halogenated alkanes) is 2. The molecule has 0 saturated carbocycles. The molecule has 0 bridgehead atoms. The van der Waals surface area contributed by atoms with Crippen molar-refractivity contribution >= 4 is 8.80 Å². The van der Waals surface area contributed by atoms with E-state index < -0.39 is 45.1 Å². The summed E-state index contributed by atoms with van der Waals surface area (Å²) in [6, 6.07) is 5.54. The first-order valence-electron chi connectivity index (χ1n) is 10.1. The van der Waals surface area contributed by atoms with Crippen LogP contribution in [0.2, 0.25) is 18.1 Å².